The largest absolute Gasteiger partial charge is 0.368 e. The molecule has 0 saturated heterocycles. The Kier molecular flexibility index (Phi) is 4.85. The fourth-order valence-corrected chi connectivity index (χ4v) is 1.18. The molecule has 0 bridgehead atoms. The van der Waals surface area contributed by atoms with E-state index in [1.807, 2.05) is 20.8 Å². The maximum atomic E-state index is 12.6. The number of nitrogens with two attached hydrogens (primary N) is 1. The van der Waals surface area contributed by atoms with Gasteiger partial charge in [-0.1, -0.05) is 20.8 Å². The first kappa shape index (κ1) is 16.5. The lowest BCUT2D eigenvalue weighted by Gasteiger charge is -2.18. The first-order chi connectivity index (χ1) is 9.02. The smallest absolute Gasteiger partial charge is 0.330 e. The van der Waals surface area contributed by atoms with Crippen LogP contribution in [0.4, 0.5) is 23.5 Å². The average molecular weight is 296 g/mol. The highest BCUT2D eigenvalue weighted by Gasteiger charge is 2.41. The minimum atomic E-state index is -4.20. The maximum Gasteiger partial charge on any atom is 0.330 e. The molecule has 0 saturated carbocycles. The van der Waals surface area contributed by atoms with Crippen molar-refractivity contribution >= 4 is 5.95 Å². The van der Waals surface area contributed by atoms with E-state index in [1.54, 1.807) is 0 Å². The molecule has 0 fully saturated rings. The molecular formula is C11H16F4N4O. The van der Waals surface area contributed by atoms with Gasteiger partial charge < -0.3 is 10.5 Å². The van der Waals surface area contributed by atoms with Crippen LogP contribution in [0, 0.1) is 0 Å². The van der Waals surface area contributed by atoms with Crippen molar-refractivity contribution in [3.63, 3.8) is 0 Å². The van der Waals surface area contributed by atoms with Gasteiger partial charge in [0.25, 0.3) is 0 Å². The van der Waals surface area contributed by atoms with E-state index in [2.05, 4.69) is 19.7 Å². The van der Waals surface area contributed by atoms with E-state index in [9.17, 15) is 17.6 Å². The van der Waals surface area contributed by atoms with Gasteiger partial charge in [-0.25, -0.2) is 13.8 Å². The Bertz CT molecular complexity index is 462. The molecule has 9 heteroatoms. The molecule has 0 aliphatic rings. The van der Waals surface area contributed by atoms with Crippen LogP contribution in [-0.4, -0.2) is 33.9 Å². The van der Waals surface area contributed by atoms with Crippen LogP contribution in [0.15, 0.2) is 0 Å². The first-order valence-corrected chi connectivity index (χ1v) is 5.77. The molecule has 0 spiro atoms. The number of aromatic nitrogens is 3. The van der Waals surface area contributed by atoms with Crippen molar-refractivity contribution in [3.05, 3.63) is 11.6 Å². The standard InChI is InChI=1S/C11H16F4N4O/c1-10(2,3)8-17-6(18-9(16)19-8)4-20-5-11(14,15)7(12)13/h7H,4-5H2,1-3H3,(H2,16,17,18,19). The van der Waals surface area contributed by atoms with Crippen molar-refractivity contribution in [2.75, 3.05) is 12.3 Å². The quantitative estimate of drug-likeness (QED) is 0.843. The van der Waals surface area contributed by atoms with E-state index in [0.29, 0.717) is 5.82 Å². The average Bonchev–Trinajstić information content (AvgIpc) is 2.26. The normalized spacial score (nSPS) is 13.0. The summed E-state index contributed by atoms with van der Waals surface area (Å²) in [5.74, 6) is -3.90. The summed E-state index contributed by atoms with van der Waals surface area (Å²) >= 11 is 0. The number of anilines is 1. The Labute approximate surface area is 113 Å². The lowest BCUT2D eigenvalue weighted by molar-refractivity contribution is -0.168. The molecule has 0 aromatic carbocycles. The lowest BCUT2D eigenvalue weighted by Crippen LogP contribution is -2.32. The van der Waals surface area contributed by atoms with Crippen molar-refractivity contribution in [2.45, 2.75) is 45.1 Å². The van der Waals surface area contributed by atoms with Gasteiger partial charge in [0.15, 0.2) is 5.82 Å². The molecule has 2 N–H and O–H groups in total. The third-order valence-electron chi connectivity index (χ3n) is 2.21. The number of rotatable bonds is 5. The zero-order valence-electron chi connectivity index (χ0n) is 11.3. The molecule has 0 unspecified atom stereocenters. The van der Waals surface area contributed by atoms with Crippen LogP contribution >= 0.6 is 0 Å². The summed E-state index contributed by atoms with van der Waals surface area (Å²) in [6, 6.07) is 0. The molecular weight excluding hydrogens is 280 g/mol. The second-order valence-corrected chi connectivity index (χ2v) is 5.24. The van der Waals surface area contributed by atoms with Gasteiger partial charge in [0.2, 0.25) is 5.95 Å². The molecule has 0 radical (unpaired) electrons. The highest BCUT2D eigenvalue weighted by Crippen LogP contribution is 2.23. The molecule has 1 aromatic heterocycles. The molecule has 0 aliphatic carbocycles. The SMILES string of the molecule is CC(C)(C)c1nc(N)nc(COCC(F)(F)C(F)F)n1. The molecule has 20 heavy (non-hydrogen) atoms. The van der Waals surface area contributed by atoms with E-state index < -0.39 is 31.0 Å². The van der Waals surface area contributed by atoms with Crippen molar-refractivity contribution in [1.82, 2.24) is 15.0 Å². The topological polar surface area (TPSA) is 73.9 Å². The number of nitrogens with zero attached hydrogens (tertiary/aromatic N) is 3. The molecule has 5 nitrogen and oxygen atoms in total. The first-order valence-electron chi connectivity index (χ1n) is 5.77. The molecule has 0 atom stereocenters. The van der Waals surface area contributed by atoms with Gasteiger partial charge in [0.05, 0.1) is 0 Å². The summed E-state index contributed by atoms with van der Waals surface area (Å²) in [5.41, 5.74) is 5.06. The molecule has 1 aromatic rings. The van der Waals surface area contributed by atoms with E-state index in [1.165, 1.54) is 0 Å². The van der Waals surface area contributed by atoms with Gasteiger partial charge in [0, 0.05) is 5.41 Å². The van der Waals surface area contributed by atoms with Crippen molar-refractivity contribution in [2.24, 2.45) is 0 Å². The van der Waals surface area contributed by atoms with Gasteiger partial charge >= 0.3 is 12.3 Å². The van der Waals surface area contributed by atoms with Gasteiger partial charge in [-0.15, -0.1) is 0 Å². The minimum Gasteiger partial charge on any atom is -0.368 e. The third kappa shape index (κ3) is 4.55. The zero-order valence-corrected chi connectivity index (χ0v) is 11.3. The van der Waals surface area contributed by atoms with Gasteiger partial charge in [0.1, 0.15) is 19.0 Å². The Morgan fingerprint density at radius 1 is 1.15 bits per heavy atom. The fraction of sp³-hybridized carbons (Fsp3) is 0.727. The number of alkyl halides is 4. The van der Waals surface area contributed by atoms with E-state index in [-0.39, 0.29) is 11.8 Å². The van der Waals surface area contributed by atoms with Crippen LogP contribution < -0.4 is 5.73 Å². The Morgan fingerprint density at radius 2 is 1.75 bits per heavy atom. The van der Waals surface area contributed by atoms with Crippen LogP contribution in [0.3, 0.4) is 0 Å². The van der Waals surface area contributed by atoms with Crippen LogP contribution in [-0.2, 0) is 16.8 Å². The van der Waals surface area contributed by atoms with E-state index in [0.717, 1.165) is 0 Å². The highest BCUT2D eigenvalue weighted by atomic mass is 19.3. The molecule has 0 amide bonds. The molecule has 1 heterocycles. The van der Waals surface area contributed by atoms with Crippen molar-refractivity contribution in [3.8, 4) is 0 Å². The van der Waals surface area contributed by atoms with E-state index >= 15 is 0 Å². The van der Waals surface area contributed by atoms with Gasteiger partial charge in [-0.2, -0.15) is 18.7 Å². The molecule has 114 valence electrons. The molecule has 0 aliphatic heterocycles. The Hall–Kier alpha value is -1.51. The number of ether oxygens (including phenoxy) is 1. The Morgan fingerprint density at radius 3 is 2.25 bits per heavy atom. The van der Waals surface area contributed by atoms with Crippen molar-refractivity contribution in [1.29, 1.82) is 0 Å². The summed E-state index contributed by atoms with van der Waals surface area (Å²) in [7, 11) is 0. The minimum absolute atomic E-state index is 0.0208. The number of nitrogen functional groups attached to an aromatic ring is 1. The monoisotopic (exact) mass is 296 g/mol. The third-order valence-corrected chi connectivity index (χ3v) is 2.21. The number of hydrogen-bond acceptors (Lipinski definition) is 5. The predicted octanol–water partition coefficient (Wildman–Crippen LogP) is 2.17. The summed E-state index contributed by atoms with van der Waals surface area (Å²) in [5, 5.41) is 0. The van der Waals surface area contributed by atoms with Crippen LogP contribution in [0.25, 0.3) is 0 Å². The fourth-order valence-electron chi connectivity index (χ4n) is 1.18. The van der Waals surface area contributed by atoms with Crippen LogP contribution in [0.1, 0.15) is 32.4 Å². The summed E-state index contributed by atoms with van der Waals surface area (Å²) in [6.07, 6.45) is -3.78. The maximum absolute atomic E-state index is 12.6. The molecule has 1 rings (SSSR count). The summed E-state index contributed by atoms with van der Waals surface area (Å²) < 4.78 is 53.7. The van der Waals surface area contributed by atoms with Gasteiger partial charge in [-0.05, 0) is 0 Å². The van der Waals surface area contributed by atoms with Crippen LogP contribution in [0.5, 0.6) is 0 Å². The predicted molar refractivity (Wildman–Crippen MR) is 63.5 cm³/mol. The number of halogens is 4. The highest BCUT2D eigenvalue weighted by molar-refractivity contribution is 5.18. The van der Waals surface area contributed by atoms with E-state index in [4.69, 9.17) is 5.73 Å². The van der Waals surface area contributed by atoms with Gasteiger partial charge in [-0.3, -0.25) is 0 Å². The second-order valence-electron chi connectivity index (χ2n) is 5.24. The zero-order chi connectivity index (χ0) is 15.6. The van der Waals surface area contributed by atoms with Crippen LogP contribution in [0.2, 0.25) is 0 Å². The summed E-state index contributed by atoms with van der Waals surface area (Å²) in [4.78, 5) is 11.6. The summed E-state index contributed by atoms with van der Waals surface area (Å²) in [6.45, 7) is 3.63. The lowest BCUT2D eigenvalue weighted by atomic mass is 9.96. The Balaban J connectivity index is 2.72. The van der Waals surface area contributed by atoms with Crippen molar-refractivity contribution < 1.29 is 22.3 Å². The second kappa shape index (κ2) is 5.86. The number of hydrogen-bond donors (Lipinski definition) is 1.